The van der Waals surface area contributed by atoms with Crippen molar-refractivity contribution >= 4 is 0 Å². The second-order valence-electron chi connectivity index (χ2n) is 6.12. The molecule has 0 aromatic carbocycles. The van der Waals surface area contributed by atoms with E-state index in [1.54, 1.807) is 0 Å². The van der Waals surface area contributed by atoms with Crippen LogP contribution in [-0.4, -0.2) is 11.2 Å². The molecule has 6 atom stereocenters. The lowest BCUT2D eigenvalue weighted by atomic mass is 9.72. The Hall–Kier alpha value is -0.0400. The molecule has 0 saturated heterocycles. The third-order valence-electron chi connectivity index (χ3n) is 5.59. The molecule has 0 aromatic heterocycles. The first kappa shape index (κ1) is 10.1. The topological polar surface area (TPSA) is 20.2 Å². The van der Waals surface area contributed by atoms with Gasteiger partial charge in [0.25, 0.3) is 0 Å². The maximum atomic E-state index is 10.4. The summed E-state index contributed by atoms with van der Waals surface area (Å²) in [6, 6.07) is 0. The average Bonchev–Trinajstić information content (AvgIpc) is 2.85. The van der Waals surface area contributed by atoms with Crippen LogP contribution < -0.4 is 0 Å². The van der Waals surface area contributed by atoms with Crippen LogP contribution in [-0.2, 0) is 0 Å². The van der Waals surface area contributed by atoms with Crippen LogP contribution >= 0.6 is 0 Å². The van der Waals surface area contributed by atoms with E-state index in [2.05, 4.69) is 6.92 Å². The van der Waals surface area contributed by atoms with Crippen LogP contribution in [0.25, 0.3) is 0 Å². The normalized spacial score (nSPS) is 52.4. The van der Waals surface area contributed by atoms with Gasteiger partial charge in [-0.1, -0.05) is 26.2 Å². The molecule has 3 aliphatic rings. The predicted molar refractivity (Wildman–Crippen MR) is 61.4 cm³/mol. The number of rotatable bonds is 3. The van der Waals surface area contributed by atoms with Crippen molar-refractivity contribution in [2.75, 3.05) is 0 Å². The number of hydrogen-bond acceptors (Lipinski definition) is 1. The number of aliphatic hydroxyl groups is 1. The lowest BCUT2D eigenvalue weighted by Gasteiger charge is -2.35. The van der Waals surface area contributed by atoms with Gasteiger partial charge in [0.15, 0.2) is 0 Å². The Kier molecular flexibility index (Phi) is 2.54. The molecule has 3 saturated carbocycles. The van der Waals surface area contributed by atoms with Crippen LogP contribution in [0.3, 0.4) is 0 Å². The lowest BCUT2D eigenvalue weighted by Crippen LogP contribution is -2.36. The summed E-state index contributed by atoms with van der Waals surface area (Å²) in [4.78, 5) is 0. The van der Waals surface area contributed by atoms with Crippen molar-refractivity contribution in [3.05, 3.63) is 0 Å². The molecule has 15 heavy (non-hydrogen) atoms. The van der Waals surface area contributed by atoms with Crippen molar-refractivity contribution in [1.82, 2.24) is 0 Å². The van der Waals surface area contributed by atoms with Crippen LogP contribution in [0.2, 0.25) is 0 Å². The fourth-order valence-electron chi connectivity index (χ4n) is 5.02. The Labute approximate surface area is 93.3 Å². The van der Waals surface area contributed by atoms with Crippen molar-refractivity contribution in [1.29, 1.82) is 0 Å². The van der Waals surface area contributed by atoms with E-state index in [1.807, 2.05) is 0 Å². The molecule has 3 rings (SSSR count). The van der Waals surface area contributed by atoms with Crippen LogP contribution in [0.1, 0.15) is 51.9 Å². The van der Waals surface area contributed by atoms with E-state index < -0.39 is 0 Å². The fraction of sp³-hybridized carbons (Fsp3) is 1.00. The molecule has 1 nitrogen and oxygen atoms in total. The summed E-state index contributed by atoms with van der Waals surface area (Å²) in [5.74, 6) is 4.21. The maximum Gasteiger partial charge on any atom is 0.0602 e. The van der Waals surface area contributed by atoms with Gasteiger partial charge in [-0.3, -0.25) is 0 Å². The summed E-state index contributed by atoms with van der Waals surface area (Å²) < 4.78 is 0. The summed E-state index contributed by atoms with van der Waals surface area (Å²) >= 11 is 0. The number of hydrogen-bond donors (Lipinski definition) is 1. The van der Waals surface area contributed by atoms with Gasteiger partial charge in [0, 0.05) is 0 Å². The highest BCUT2D eigenvalue weighted by molar-refractivity contribution is 5.06. The van der Waals surface area contributed by atoms with Gasteiger partial charge in [0.1, 0.15) is 0 Å². The second-order valence-corrected chi connectivity index (χ2v) is 6.12. The van der Waals surface area contributed by atoms with Gasteiger partial charge >= 0.3 is 0 Å². The lowest BCUT2D eigenvalue weighted by molar-refractivity contribution is 0.00815. The minimum Gasteiger partial charge on any atom is -0.393 e. The van der Waals surface area contributed by atoms with Gasteiger partial charge in [-0.25, -0.2) is 0 Å². The third-order valence-corrected chi connectivity index (χ3v) is 5.59. The van der Waals surface area contributed by atoms with E-state index in [1.165, 1.54) is 44.9 Å². The standard InChI is InChI=1S/C14H24O/c1-2-3-5-11-12-8-13(14(11)15)10-7-4-6-9(10)12/h9-15H,2-8H2,1H3. The van der Waals surface area contributed by atoms with Gasteiger partial charge in [0.2, 0.25) is 0 Å². The zero-order valence-corrected chi connectivity index (χ0v) is 9.86. The Bertz CT molecular complexity index is 237. The molecule has 0 aliphatic heterocycles. The highest BCUT2D eigenvalue weighted by Crippen LogP contribution is 2.61. The molecule has 86 valence electrons. The molecule has 0 spiro atoms. The van der Waals surface area contributed by atoms with E-state index in [9.17, 15) is 5.11 Å². The largest absolute Gasteiger partial charge is 0.393 e. The minimum absolute atomic E-state index is 0.0703. The van der Waals surface area contributed by atoms with Crippen molar-refractivity contribution in [2.24, 2.45) is 29.6 Å². The Morgan fingerprint density at radius 2 is 1.80 bits per heavy atom. The summed E-state index contributed by atoms with van der Waals surface area (Å²) in [6.45, 7) is 2.26. The number of unbranched alkanes of at least 4 members (excludes halogenated alkanes) is 1. The molecule has 3 aliphatic carbocycles. The maximum absolute atomic E-state index is 10.4. The van der Waals surface area contributed by atoms with E-state index in [0.717, 1.165) is 17.8 Å². The summed E-state index contributed by atoms with van der Waals surface area (Å²) in [6.07, 6.45) is 9.67. The number of fused-ring (bicyclic) bond motifs is 5. The molecule has 0 radical (unpaired) electrons. The average molecular weight is 208 g/mol. The predicted octanol–water partition coefficient (Wildman–Crippen LogP) is 3.22. The molecule has 1 N–H and O–H groups in total. The monoisotopic (exact) mass is 208 g/mol. The zero-order chi connectivity index (χ0) is 10.4. The summed E-state index contributed by atoms with van der Waals surface area (Å²) in [5, 5.41) is 10.4. The molecule has 0 amide bonds. The van der Waals surface area contributed by atoms with Crippen LogP contribution in [0.15, 0.2) is 0 Å². The molecule has 3 fully saturated rings. The van der Waals surface area contributed by atoms with Gasteiger partial charge < -0.3 is 5.11 Å². The smallest absolute Gasteiger partial charge is 0.0602 e. The molecule has 2 bridgehead atoms. The molecule has 0 aromatic rings. The van der Waals surface area contributed by atoms with Crippen molar-refractivity contribution in [3.63, 3.8) is 0 Å². The fourth-order valence-corrected chi connectivity index (χ4v) is 5.02. The van der Waals surface area contributed by atoms with Gasteiger partial charge in [-0.2, -0.15) is 0 Å². The van der Waals surface area contributed by atoms with Crippen molar-refractivity contribution < 1.29 is 5.11 Å². The summed E-state index contributed by atoms with van der Waals surface area (Å²) in [5.41, 5.74) is 0. The first-order valence-corrected chi connectivity index (χ1v) is 7.01. The molecule has 1 heteroatoms. The minimum atomic E-state index is 0.0703. The quantitative estimate of drug-likeness (QED) is 0.755. The molecular formula is C14H24O. The first-order valence-electron chi connectivity index (χ1n) is 7.01. The van der Waals surface area contributed by atoms with E-state index >= 15 is 0 Å². The Morgan fingerprint density at radius 3 is 2.53 bits per heavy atom. The highest BCUT2D eigenvalue weighted by Gasteiger charge is 2.57. The zero-order valence-electron chi connectivity index (χ0n) is 9.86. The van der Waals surface area contributed by atoms with Crippen LogP contribution in [0.5, 0.6) is 0 Å². The van der Waals surface area contributed by atoms with Gasteiger partial charge in [-0.05, 0) is 55.3 Å². The van der Waals surface area contributed by atoms with Gasteiger partial charge in [-0.15, -0.1) is 0 Å². The van der Waals surface area contributed by atoms with Crippen molar-refractivity contribution in [2.45, 2.75) is 58.0 Å². The van der Waals surface area contributed by atoms with E-state index in [-0.39, 0.29) is 6.10 Å². The molecular weight excluding hydrogens is 184 g/mol. The Morgan fingerprint density at radius 1 is 1.07 bits per heavy atom. The summed E-state index contributed by atoms with van der Waals surface area (Å²) in [7, 11) is 0. The molecule has 0 heterocycles. The number of aliphatic hydroxyl groups excluding tert-OH is 1. The van der Waals surface area contributed by atoms with E-state index in [0.29, 0.717) is 11.8 Å². The first-order chi connectivity index (χ1) is 7.33. The van der Waals surface area contributed by atoms with Crippen molar-refractivity contribution in [3.8, 4) is 0 Å². The SMILES string of the molecule is CCCCC1C(O)C2CC1C1CCCC21. The second kappa shape index (κ2) is 3.76. The van der Waals surface area contributed by atoms with Crippen LogP contribution in [0, 0.1) is 29.6 Å². The molecule has 6 unspecified atom stereocenters. The van der Waals surface area contributed by atoms with Crippen LogP contribution in [0.4, 0.5) is 0 Å². The van der Waals surface area contributed by atoms with E-state index in [4.69, 9.17) is 0 Å². The third kappa shape index (κ3) is 1.39. The Balaban J connectivity index is 1.72. The van der Waals surface area contributed by atoms with Gasteiger partial charge in [0.05, 0.1) is 6.10 Å². The highest BCUT2D eigenvalue weighted by atomic mass is 16.3.